The molecule has 0 spiro atoms. The van der Waals surface area contributed by atoms with Gasteiger partial charge in [-0.25, -0.2) is 0 Å². The lowest BCUT2D eigenvalue weighted by Gasteiger charge is -2.13. The standard InChI is InChI=1S/C17H20N4O2S/c1-23-15-10-6-5-9-14(15)18-12-16(22)20-21-17(24)19-11-13-7-3-2-4-8-13/h2-10,18H,11-12H2,1H3,(H,20,22)(H2,19,21,24). The Labute approximate surface area is 146 Å². The average Bonchev–Trinajstić information content (AvgIpc) is 2.64. The summed E-state index contributed by atoms with van der Waals surface area (Å²) < 4.78 is 5.21. The molecule has 6 nitrogen and oxygen atoms in total. The minimum Gasteiger partial charge on any atom is -0.495 e. The van der Waals surface area contributed by atoms with E-state index in [1.807, 2.05) is 54.6 Å². The van der Waals surface area contributed by atoms with Crippen molar-refractivity contribution in [2.45, 2.75) is 6.54 Å². The first kappa shape index (κ1) is 17.6. The second-order valence-electron chi connectivity index (χ2n) is 4.90. The van der Waals surface area contributed by atoms with Crippen LogP contribution in [-0.4, -0.2) is 24.7 Å². The van der Waals surface area contributed by atoms with Crippen molar-refractivity contribution in [3.05, 3.63) is 60.2 Å². The molecule has 0 atom stereocenters. The number of rotatable bonds is 6. The van der Waals surface area contributed by atoms with Gasteiger partial charge in [0.25, 0.3) is 5.91 Å². The molecule has 0 unspecified atom stereocenters. The van der Waals surface area contributed by atoms with E-state index < -0.39 is 0 Å². The first-order chi connectivity index (χ1) is 11.7. The van der Waals surface area contributed by atoms with Crippen molar-refractivity contribution in [1.29, 1.82) is 0 Å². The number of carbonyl (C=O) groups is 1. The van der Waals surface area contributed by atoms with E-state index >= 15 is 0 Å². The Balaban J connectivity index is 1.68. The van der Waals surface area contributed by atoms with Crippen LogP contribution in [0.15, 0.2) is 54.6 Å². The molecule has 126 valence electrons. The Morgan fingerprint density at radius 1 is 1.04 bits per heavy atom. The van der Waals surface area contributed by atoms with Gasteiger partial charge in [0.15, 0.2) is 5.11 Å². The van der Waals surface area contributed by atoms with Crippen LogP contribution in [0.2, 0.25) is 0 Å². The van der Waals surface area contributed by atoms with Gasteiger partial charge in [0.1, 0.15) is 5.75 Å². The number of thiocarbonyl (C=S) groups is 1. The molecule has 0 saturated carbocycles. The van der Waals surface area contributed by atoms with Crippen LogP contribution in [0.5, 0.6) is 5.75 Å². The molecule has 0 aliphatic rings. The van der Waals surface area contributed by atoms with Crippen molar-refractivity contribution >= 4 is 28.9 Å². The van der Waals surface area contributed by atoms with E-state index in [0.717, 1.165) is 11.3 Å². The molecule has 2 rings (SSSR count). The smallest absolute Gasteiger partial charge is 0.257 e. The fourth-order valence-electron chi connectivity index (χ4n) is 1.96. The second kappa shape index (κ2) is 9.36. The zero-order chi connectivity index (χ0) is 17.2. The summed E-state index contributed by atoms with van der Waals surface area (Å²) in [6.45, 7) is 0.677. The van der Waals surface area contributed by atoms with Crippen LogP contribution < -0.4 is 26.2 Å². The van der Waals surface area contributed by atoms with E-state index in [2.05, 4.69) is 21.5 Å². The fourth-order valence-corrected chi connectivity index (χ4v) is 2.08. The Morgan fingerprint density at radius 3 is 2.50 bits per heavy atom. The number of methoxy groups -OCH3 is 1. The van der Waals surface area contributed by atoms with Gasteiger partial charge in [-0.2, -0.15) is 0 Å². The van der Waals surface area contributed by atoms with Gasteiger partial charge in [0.05, 0.1) is 19.3 Å². The van der Waals surface area contributed by atoms with Gasteiger partial charge in [-0.3, -0.25) is 15.6 Å². The highest BCUT2D eigenvalue weighted by Crippen LogP contribution is 2.22. The summed E-state index contributed by atoms with van der Waals surface area (Å²) in [7, 11) is 1.58. The maximum atomic E-state index is 11.8. The maximum Gasteiger partial charge on any atom is 0.257 e. The third kappa shape index (κ3) is 5.77. The van der Waals surface area contributed by atoms with Crippen LogP contribution in [0.3, 0.4) is 0 Å². The molecule has 0 aliphatic carbocycles. The molecule has 0 radical (unpaired) electrons. The Hall–Kier alpha value is -2.80. The first-order valence-electron chi connectivity index (χ1n) is 7.42. The first-order valence-corrected chi connectivity index (χ1v) is 7.83. The zero-order valence-corrected chi connectivity index (χ0v) is 14.2. The lowest BCUT2D eigenvalue weighted by molar-refractivity contribution is -0.119. The molecule has 2 aromatic rings. The molecule has 24 heavy (non-hydrogen) atoms. The van der Waals surface area contributed by atoms with E-state index in [-0.39, 0.29) is 12.5 Å². The SMILES string of the molecule is COc1ccccc1NCC(=O)NNC(=S)NCc1ccccc1. The largest absolute Gasteiger partial charge is 0.495 e. The number of benzene rings is 2. The summed E-state index contributed by atoms with van der Waals surface area (Å²) in [6, 6.07) is 17.2. The zero-order valence-electron chi connectivity index (χ0n) is 13.3. The van der Waals surface area contributed by atoms with Crippen molar-refractivity contribution in [3.63, 3.8) is 0 Å². The molecule has 7 heteroatoms. The van der Waals surface area contributed by atoms with Gasteiger partial charge in [-0.15, -0.1) is 0 Å². The second-order valence-corrected chi connectivity index (χ2v) is 5.30. The molecular weight excluding hydrogens is 324 g/mol. The van der Waals surface area contributed by atoms with E-state index in [0.29, 0.717) is 17.4 Å². The molecule has 0 aliphatic heterocycles. The normalized spacial score (nSPS) is 9.71. The number of hydrogen-bond acceptors (Lipinski definition) is 4. The summed E-state index contributed by atoms with van der Waals surface area (Å²) in [5.74, 6) is 0.433. The molecule has 2 aromatic carbocycles. The molecule has 0 aromatic heterocycles. The predicted octanol–water partition coefficient (Wildman–Crippen LogP) is 1.80. The van der Waals surface area contributed by atoms with Gasteiger partial charge in [-0.1, -0.05) is 42.5 Å². The number of para-hydroxylation sites is 2. The van der Waals surface area contributed by atoms with Crippen LogP contribution >= 0.6 is 12.2 Å². The van der Waals surface area contributed by atoms with E-state index in [1.165, 1.54) is 0 Å². The van der Waals surface area contributed by atoms with Crippen molar-refractivity contribution in [2.24, 2.45) is 0 Å². The van der Waals surface area contributed by atoms with E-state index in [9.17, 15) is 4.79 Å². The summed E-state index contributed by atoms with van der Waals surface area (Å²) in [4.78, 5) is 11.8. The van der Waals surface area contributed by atoms with Gasteiger partial charge >= 0.3 is 0 Å². The van der Waals surface area contributed by atoms with Crippen molar-refractivity contribution < 1.29 is 9.53 Å². The highest BCUT2D eigenvalue weighted by molar-refractivity contribution is 7.80. The quantitative estimate of drug-likeness (QED) is 0.473. The van der Waals surface area contributed by atoms with Crippen molar-refractivity contribution in [2.75, 3.05) is 19.0 Å². The van der Waals surface area contributed by atoms with Gasteiger partial charge in [0, 0.05) is 6.54 Å². The lowest BCUT2D eigenvalue weighted by Crippen LogP contribution is -2.48. The Bertz CT molecular complexity index is 679. The highest BCUT2D eigenvalue weighted by Gasteiger charge is 2.05. The number of carbonyl (C=O) groups excluding carboxylic acids is 1. The van der Waals surface area contributed by atoms with Crippen LogP contribution in [0, 0.1) is 0 Å². The number of anilines is 1. The monoisotopic (exact) mass is 344 g/mol. The van der Waals surface area contributed by atoms with Crippen LogP contribution in [0.25, 0.3) is 0 Å². The number of hydrazine groups is 1. The van der Waals surface area contributed by atoms with Crippen molar-refractivity contribution in [3.8, 4) is 5.75 Å². The van der Waals surface area contributed by atoms with Crippen molar-refractivity contribution in [1.82, 2.24) is 16.2 Å². The van der Waals surface area contributed by atoms with Gasteiger partial charge in [0.2, 0.25) is 0 Å². The lowest BCUT2D eigenvalue weighted by atomic mass is 10.2. The summed E-state index contributed by atoms with van der Waals surface area (Å²) in [6.07, 6.45) is 0. The predicted molar refractivity (Wildman–Crippen MR) is 98.6 cm³/mol. The van der Waals surface area contributed by atoms with Crippen LogP contribution in [0.4, 0.5) is 5.69 Å². The van der Waals surface area contributed by atoms with E-state index in [4.69, 9.17) is 17.0 Å². The molecule has 0 bridgehead atoms. The molecule has 1 amide bonds. The van der Waals surface area contributed by atoms with Gasteiger partial charge in [-0.05, 0) is 29.9 Å². The third-order valence-electron chi connectivity index (χ3n) is 3.16. The Kier molecular flexibility index (Phi) is 6.85. The topological polar surface area (TPSA) is 74.4 Å². The summed E-state index contributed by atoms with van der Waals surface area (Å²) >= 11 is 5.11. The van der Waals surface area contributed by atoms with E-state index in [1.54, 1.807) is 7.11 Å². The summed E-state index contributed by atoms with van der Waals surface area (Å²) in [5.41, 5.74) is 7.05. The number of nitrogens with one attached hydrogen (secondary N) is 4. The minimum atomic E-state index is -0.246. The molecular formula is C17H20N4O2S. The fraction of sp³-hybridized carbons (Fsp3) is 0.176. The molecule has 0 saturated heterocycles. The van der Waals surface area contributed by atoms with Crippen LogP contribution in [0.1, 0.15) is 5.56 Å². The number of amides is 1. The van der Waals surface area contributed by atoms with Crippen LogP contribution in [-0.2, 0) is 11.3 Å². The third-order valence-corrected chi connectivity index (χ3v) is 3.40. The summed E-state index contributed by atoms with van der Waals surface area (Å²) in [5, 5.41) is 6.37. The number of hydrogen-bond donors (Lipinski definition) is 4. The maximum absolute atomic E-state index is 11.8. The minimum absolute atomic E-state index is 0.0919. The number of ether oxygens (including phenoxy) is 1. The Morgan fingerprint density at radius 2 is 1.75 bits per heavy atom. The highest BCUT2D eigenvalue weighted by atomic mass is 32.1. The molecule has 0 heterocycles. The molecule has 4 N–H and O–H groups in total. The van der Waals surface area contributed by atoms with Gasteiger partial charge < -0.3 is 15.4 Å². The molecule has 0 fully saturated rings. The average molecular weight is 344 g/mol.